The quantitative estimate of drug-likeness (QED) is 0.605. The van der Waals surface area contributed by atoms with E-state index >= 15 is 0 Å². The molecular formula is C7H11ClO. The van der Waals surface area contributed by atoms with Crippen molar-refractivity contribution in [3.05, 3.63) is 23.3 Å². The van der Waals surface area contributed by atoms with Gasteiger partial charge in [-0.05, 0) is 18.9 Å². The van der Waals surface area contributed by atoms with E-state index in [1.807, 2.05) is 6.92 Å². The Labute approximate surface area is 60.6 Å². The molecule has 0 aromatic rings. The van der Waals surface area contributed by atoms with Crippen LogP contribution in [0.25, 0.3) is 0 Å². The van der Waals surface area contributed by atoms with Crippen LogP contribution < -0.4 is 0 Å². The van der Waals surface area contributed by atoms with Gasteiger partial charge >= 0.3 is 0 Å². The van der Waals surface area contributed by atoms with Crippen LogP contribution >= 0.6 is 11.6 Å². The molecule has 2 heteroatoms. The third-order valence-electron chi connectivity index (χ3n) is 0.860. The molecule has 1 nitrogen and oxygen atoms in total. The summed E-state index contributed by atoms with van der Waals surface area (Å²) in [5.41, 5.74) is 0.838. The van der Waals surface area contributed by atoms with Gasteiger partial charge in [0.2, 0.25) is 0 Å². The fourth-order valence-electron chi connectivity index (χ4n) is 0.366. The SMILES string of the molecule is C=C(C)/C(Cl)=C/CCO. The van der Waals surface area contributed by atoms with Crippen molar-refractivity contribution in [2.24, 2.45) is 0 Å². The van der Waals surface area contributed by atoms with Crippen molar-refractivity contribution < 1.29 is 5.11 Å². The van der Waals surface area contributed by atoms with E-state index in [4.69, 9.17) is 16.7 Å². The molecule has 52 valence electrons. The van der Waals surface area contributed by atoms with E-state index < -0.39 is 0 Å². The lowest BCUT2D eigenvalue weighted by molar-refractivity contribution is 0.302. The molecule has 0 unspecified atom stereocenters. The summed E-state index contributed by atoms with van der Waals surface area (Å²) < 4.78 is 0. The summed E-state index contributed by atoms with van der Waals surface area (Å²) in [6.07, 6.45) is 2.36. The highest BCUT2D eigenvalue weighted by Gasteiger charge is 1.88. The topological polar surface area (TPSA) is 20.2 Å². The normalized spacial score (nSPS) is 11.7. The molecule has 0 heterocycles. The first-order valence-electron chi connectivity index (χ1n) is 2.81. The monoisotopic (exact) mass is 146 g/mol. The van der Waals surface area contributed by atoms with Crippen molar-refractivity contribution in [1.29, 1.82) is 0 Å². The standard InChI is InChI=1S/C7H11ClO/c1-6(2)7(8)4-3-5-9/h4,9H,1,3,5H2,2H3/b7-4-. The number of hydrogen-bond acceptors (Lipinski definition) is 1. The molecule has 0 atom stereocenters. The summed E-state index contributed by atoms with van der Waals surface area (Å²) in [6.45, 7) is 5.60. The van der Waals surface area contributed by atoms with Crippen molar-refractivity contribution >= 4 is 11.6 Å². The number of hydrogen-bond donors (Lipinski definition) is 1. The Morgan fingerprint density at radius 3 is 2.67 bits per heavy atom. The molecule has 0 aliphatic rings. The zero-order chi connectivity index (χ0) is 7.28. The summed E-state index contributed by atoms with van der Waals surface area (Å²) >= 11 is 5.64. The Hall–Kier alpha value is -0.270. The van der Waals surface area contributed by atoms with Gasteiger partial charge in [-0.15, -0.1) is 0 Å². The van der Waals surface area contributed by atoms with Gasteiger partial charge in [-0.1, -0.05) is 24.3 Å². The lowest BCUT2D eigenvalue weighted by Gasteiger charge is -1.93. The second-order valence-corrected chi connectivity index (χ2v) is 2.25. The van der Waals surface area contributed by atoms with Crippen LogP contribution in [0.2, 0.25) is 0 Å². The Morgan fingerprint density at radius 1 is 1.78 bits per heavy atom. The molecule has 0 spiro atoms. The summed E-state index contributed by atoms with van der Waals surface area (Å²) in [5, 5.41) is 9.01. The van der Waals surface area contributed by atoms with Crippen LogP contribution in [-0.4, -0.2) is 11.7 Å². The zero-order valence-corrected chi connectivity index (χ0v) is 6.28. The molecule has 0 aliphatic heterocycles. The minimum absolute atomic E-state index is 0.142. The molecule has 0 fully saturated rings. The highest BCUT2D eigenvalue weighted by Crippen LogP contribution is 2.11. The van der Waals surface area contributed by atoms with Crippen LogP contribution in [0.3, 0.4) is 0 Å². The van der Waals surface area contributed by atoms with Crippen LogP contribution in [0.4, 0.5) is 0 Å². The molecule has 9 heavy (non-hydrogen) atoms. The number of allylic oxidation sites excluding steroid dienone is 2. The van der Waals surface area contributed by atoms with Crippen LogP contribution in [0.15, 0.2) is 23.3 Å². The molecule has 0 aliphatic carbocycles. The minimum atomic E-state index is 0.142. The summed E-state index contributed by atoms with van der Waals surface area (Å²) in [6, 6.07) is 0. The first-order chi connectivity index (χ1) is 4.18. The van der Waals surface area contributed by atoms with Crippen LogP contribution in [-0.2, 0) is 0 Å². The largest absolute Gasteiger partial charge is 0.396 e. The molecule has 0 aromatic heterocycles. The summed E-state index contributed by atoms with van der Waals surface area (Å²) in [7, 11) is 0. The lowest BCUT2D eigenvalue weighted by Crippen LogP contribution is -1.78. The van der Waals surface area contributed by atoms with E-state index in [0.29, 0.717) is 11.5 Å². The van der Waals surface area contributed by atoms with Gasteiger partial charge in [0.05, 0.1) is 0 Å². The third-order valence-corrected chi connectivity index (χ3v) is 1.34. The van der Waals surface area contributed by atoms with Gasteiger partial charge in [0.15, 0.2) is 0 Å². The molecule has 0 radical (unpaired) electrons. The predicted octanol–water partition coefficient (Wildman–Crippen LogP) is 2.07. The first-order valence-corrected chi connectivity index (χ1v) is 3.18. The number of aliphatic hydroxyl groups is 1. The summed E-state index contributed by atoms with van der Waals surface area (Å²) in [5.74, 6) is 0. The van der Waals surface area contributed by atoms with Gasteiger partial charge in [0.1, 0.15) is 0 Å². The number of aliphatic hydroxyl groups excluding tert-OH is 1. The second-order valence-electron chi connectivity index (χ2n) is 1.84. The highest BCUT2D eigenvalue weighted by molar-refractivity contribution is 6.31. The lowest BCUT2D eigenvalue weighted by atomic mass is 10.3. The maximum absolute atomic E-state index is 8.36. The van der Waals surface area contributed by atoms with E-state index in [9.17, 15) is 0 Å². The van der Waals surface area contributed by atoms with E-state index in [1.54, 1.807) is 6.08 Å². The molecule has 1 N–H and O–H groups in total. The molecule has 0 saturated carbocycles. The average molecular weight is 147 g/mol. The second kappa shape index (κ2) is 4.59. The Balaban J connectivity index is 3.69. The minimum Gasteiger partial charge on any atom is -0.396 e. The average Bonchev–Trinajstić information content (AvgIpc) is 1.82. The predicted molar refractivity (Wildman–Crippen MR) is 40.5 cm³/mol. The first kappa shape index (κ1) is 8.73. The Morgan fingerprint density at radius 2 is 2.33 bits per heavy atom. The van der Waals surface area contributed by atoms with Crippen molar-refractivity contribution in [3.8, 4) is 0 Å². The fourth-order valence-corrected chi connectivity index (χ4v) is 0.475. The molecule has 0 aromatic carbocycles. The van der Waals surface area contributed by atoms with E-state index in [2.05, 4.69) is 6.58 Å². The van der Waals surface area contributed by atoms with E-state index in [1.165, 1.54) is 0 Å². The fraction of sp³-hybridized carbons (Fsp3) is 0.429. The van der Waals surface area contributed by atoms with Gasteiger partial charge in [-0.2, -0.15) is 0 Å². The Kier molecular flexibility index (Phi) is 4.46. The van der Waals surface area contributed by atoms with Crippen molar-refractivity contribution in [2.45, 2.75) is 13.3 Å². The summed E-state index contributed by atoms with van der Waals surface area (Å²) in [4.78, 5) is 0. The smallest absolute Gasteiger partial charge is 0.0466 e. The molecule has 0 rings (SSSR count). The molecule has 0 bridgehead atoms. The molecule has 0 amide bonds. The van der Waals surface area contributed by atoms with Crippen LogP contribution in [0.5, 0.6) is 0 Å². The zero-order valence-electron chi connectivity index (χ0n) is 5.52. The van der Waals surface area contributed by atoms with Gasteiger partial charge in [-0.3, -0.25) is 0 Å². The van der Waals surface area contributed by atoms with Gasteiger partial charge in [-0.25, -0.2) is 0 Å². The Bertz CT molecular complexity index is 127. The van der Waals surface area contributed by atoms with Gasteiger partial charge in [0, 0.05) is 11.6 Å². The molecular weight excluding hydrogens is 136 g/mol. The van der Waals surface area contributed by atoms with Crippen molar-refractivity contribution in [2.75, 3.05) is 6.61 Å². The maximum atomic E-state index is 8.36. The van der Waals surface area contributed by atoms with E-state index in [0.717, 1.165) is 5.57 Å². The highest BCUT2D eigenvalue weighted by atomic mass is 35.5. The number of halogens is 1. The number of rotatable bonds is 3. The molecule has 0 saturated heterocycles. The van der Waals surface area contributed by atoms with Gasteiger partial charge < -0.3 is 5.11 Å². The third kappa shape index (κ3) is 4.25. The van der Waals surface area contributed by atoms with Crippen molar-refractivity contribution in [3.63, 3.8) is 0 Å². The van der Waals surface area contributed by atoms with Gasteiger partial charge in [0.25, 0.3) is 0 Å². The maximum Gasteiger partial charge on any atom is 0.0466 e. The van der Waals surface area contributed by atoms with Crippen molar-refractivity contribution in [1.82, 2.24) is 0 Å². The van der Waals surface area contributed by atoms with Crippen LogP contribution in [0.1, 0.15) is 13.3 Å². The van der Waals surface area contributed by atoms with Crippen LogP contribution in [0, 0.1) is 0 Å². The van der Waals surface area contributed by atoms with E-state index in [-0.39, 0.29) is 6.61 Å².